The summed E-state index contributed by atoms with van der Waals surface area (Å²) in [6, 6.07) is 15.7. The zero-order valence-corrected chi connectivity index (χ0v) is 11.4. The third-order valence-corrected chi connectivity index (χ3v) is 4.22. The van der Waals surface area contributed by atoms with Crippen molar-refractivity contribution in [3.63, 3.8) is 0 Å². The van der Waals surface area contributed by atoms with Gasteiger partial charge in [-0.25, -0.2) is 0 Å². The van der Waals surface area contributed by atoms with Crippen LogP contribution in [-0.4, -0.2) is 18.9 Å². The summed E-state index contributed by atoms with van der Waals surface area (Å²) in [6.45, 7) is 0. The van der Waals surface area contributed by atoms with Crippen molar-refractivity contribution in [1.82, 2.24) is 0 Å². The molecule has 0 saturated carbocycles. The minimum absolute atomic E-state index is 0. The molecular formula is C18H16Li. The molecule has 0 N–H and O–H groups in total. The van der Waals surface area contributed by atoms with E-state index < -0.39 is 0 Å². The number of rotatable bonds is 1. The second-order valence-corrected chi connectivity index (χ2v) is 5.32. The minimum atomic E-state index is 0. The molecule has 89 valence electrons. The molecule has 2 aliphatic rings. The average molecular weight is 239 g/mol. The van der Waals surface area contributed by atoms with Gasteiger partial charge in [0.1, 0.15) is 0 Å². The Labute approximate surface area is 126 Å². The van der Waals surface area contributed by atoms with Crippen LogP contribution in [0.3, 0.4) is 0 Å². The van der Waals surface area contributed by atoms with Crippen molar-refractivity contribution >= 4 is 24.4 Å². The Hall–Kier alpha value is -1.22. The van der Waals surface area contributed by atoms with E-state index in [1.165, 1.54) is 41.5 Å². The Morgan fingerprint density at radius 3 is 2.32 bits per heavy atom. The van der Waals surface area contributed by atoms with Crippen molar-refractivity contribution in [3.8, 4) is 0 Å². The van der Waals surface area contributed by atoms with Crippen LogP contribution in [0.2, 0.25) is 0 Å². The Bertz CT molecular complexity index is 638. The van der Waals surface area contributed by atoms with Gasteiger partial charge in [0.15, 0.2) is 0 Å². The monoisotopic (exact) mass is 239 g/mol. The van der Waals surface area contributed by atoms with Gasteiger partial charge < -0.3 is 0 Å². The normalized spacial score (nSPS) is 15.5. The fraction of sp³-hybridized carbons (Fsp3) is 0.222. The van der Waals surface area contributed by atoms with E-state index in [4.69, 9.17) is 0 Å². The molecule has 0 fully saturated rings. The zero-order chi connectivity index (χ0) is 11.9. The maximum atomic E-state index is 2.45. The summed E-state index contributed by atoms with van der Waals surface area (Å²) < 4.78 is 0. The second kappa shape index (κ2) is 5.04. The molecule has 2 aliphatic carbocycles. The third-order valence-electron chi connectivity index (χ3n) is 4.22. The summed E-state index contributed by atoms with van der Waals surface area (Å²) in [5.74, 6) is 0. The smallest absolute Gasteiger partial charge is 0 e. The average Bonchev–Trinajstić information content (AvgIpc) is 3.02. The summed E-state index contributed by atoms with van der Waals surface area (Å²) in [5, 5.41) is 0. The molecule has 0 spiro atoms. The standard InChI is InChI=1S/C18H16.Li/c1-2-5-13(6-3-1)17-10-9-16-11-14-7-4-8-15(14)12-18(16)17;/h1-3,5-6,10-12H,4,7-9H2;. The third kappa shape index (κ3) is 2.10. The van der Waals surface area contributed by atoms with Gasteiger partial charge in [-0.2, -0.15) is 0 Å². The quantitative estimate of drug-likeness (QED) is 0.664. The van der Waals surface area contributed by atoms with Gasteiger partial charge in [-0.05, 0) is 59.1 Å². The van der Waals surface area contributed by atoms with Crippen LogP contribution >= 0.6 is 0 Å². The van der Waals surface area contributed by atoms with Crippen molar-refractivity contribution in [1.29, 1.82) is 0 Å². The summed E-state index contributed by atoms with van der Waals surface area (Å²) in [7, 11) is 0. The van der Waals surface area contributed by atoms with Crippen LogP contribution in [0.1, 0.15) is 34.2 Å². The van der Waals surface area contributed by atoms with E-state index in [0.29, 0.717) is 0 Å². The largest absolute Gasteiger partial charge is 0.0716 e. The fourth-order valence-corrected chi connectivity index (χ4v) is 3.31. The van der Waals surface area contributed by atoms with Crippen LogP contribution in [0.15, 0.2) is 48.5 Å². The van der Waals surface area contributed by atoms with Gasteiger partial charge in [-0.1, -0.05) is 48.5 Å². The van der Waals surface area contributed by atoms with E-state index in [-0.39, 0.29) is 18.9 Å². The molecule has 0 atom stereocenters. The van der Waals surface area contributed by atoms with Crippen LogP contribution in [0.4, 0.5) is 0 Å². The first-order valence-corrected chi connectivity index (χ1v) is 6.82. The fourth-order valence-electron chi connectivity index (χ4n) is 3.31. The summed E-state index contributed by atoms with van der Waals surface area (Å²) in [6.07, 6.45) is 7.37. The van der Waals surface area contributed by atoms with E-state index in [1.54, 1.807) is 11.1 Å². The van der Waals surface area contributed by atoms with Crippen molar-refractivity contribution in [2.24, 2.45) is 0 Å². The van der Waals surface area contributed by atoms with Gasteiger partial charge in [0.25, 0.3) is 0 Å². The molecule has 19 heavy (non-hydrogen) atoms. The number of benzene rings is 2. The van der Waals surface area contributed by atoms with Gasteiger partial charge >= 0.3 is 0 Å². The molecule has 0 bridgehead atoms. The van der Waals surface area contributed by atoms with E-state index in [1.807, 2.05) is 0 Å². The Balaban J connectivity index is 0.00000110. The minimum Gasteiger partial charge on any atom is -0.0716 e. The molecule has 1 radical (unpaired) electrons. The number of aryl methyl sites for hydroxylation is 2. The van der Waals surface area contributed by atoms with Gasteiger partial charge in [-0.15, -0.1) is 0 Å². The molecule has 0 aliphatic heterocycles. The van der Waals surface area contributed by atoms with Crippen molar-refractivity contribution < 1.29 is 0 Å². The van der Waals surface area contributed by atoms with Crippen LogP contribution in [0.25, 0.3) is 5.57 Å². The van der Waals surface area contributed by atoms with Gasteiger partial charge in [0.05, 0.1) is 0 Å². The number of hydrogen-bond acceptors (Lipinski definition) is 0. The molecular weight excluding hydrogens is 223 g/mol. The molecule has 0 saturated heterocycles. The van der Waals surface area contributed by atoms with E-state index in [0.717, 1.165) is 6.42 Å². The van der Waals surface area contributed by atoms with Crippen molar-refractivity contribution in [2.75, 3.05) is 0 Å². The Kier molecular flexibility index (Phi) is 3.40. The molecule has 0 unspecified atom stereocenters. The summed E-state index contributed by atoms with van der Waals surface area (Å²) >= 11 is 0. The van der Waals surface area contributed by atoms with Crippen LogP contribution in [0, 0.1) is 0 Å². The van der Waals surface area contributed by atoms with Crippen LogP contribution in [-0.2, 0) is 19.3 Å². The Morgan fingerprint density at radius 1 is 0.789 bits per heavy atom. The maximum absolute atomic E-state index is 2.45. The van der Waals surface area contributed by atoms with E-state index in [9.17, 15) is 0 Å². The van der Waals surface area contributed by atoms with Crippen LogP contribution < -0.4 is 0 Å². The molecule has 0 nitrogen and oxygen atoms in total. The molecule has 4 rings (SSSR count). The van der Waals surface area contributed by atoms with Gasteiger partial charge in [-0.3, -0.25) is 0 Å². The summed E-state index contributed by atoms with van der Waals surface area (Å²) in [5.41, 5.74) is 8.96. The second-order valence-electron chi connectivity index (χ2n) is 5.32. The topological polar surface area (TPSA) is 0 Å². The number of allylic oxidation sites excluding steroid dienone is 1. The molecule has 2 aromatic carbocycles. The molecule has 1 heteroatoms. The van der Waals surface area contributed by atoms with E-state index >= 15 is 0 Å². The van der Waals surface area contributed by atoms with Crippen molar-refractivity contribution in [2.45, 2.75) is 25.7 Å². The SMILES string of the molecule is C1=C(c2ccccc2)c2cc3c(cc2C1)CCC3.[Li]. The number of hydrogen-bond donors (Lipinski definition) is 0. The first-order valence-electron chi connectivity index (χ1n) is 6.82. The molecule has 0 heterocycles. The van der Waals surface area contributed by atoms with Crippen molar-refractivity contribution in [3.05, 3.63) is 76.4 Å². The Morgan fingerprint density at radius 2 is 1.53 bits per heavy atom. The first-order chi connectivity index (χ1) is 8.92. The maximum Gasteiger partial charge on any atom is 0 e. The predicted octanol–water partition coefficient (Wildman–Crippen LogP) is 3.78. The number of fused-ring (bicyclic) bond motifs is 2. The predicted molar refractivity (Wildman–Crippen MR) is 81.4 cm³/mol. The summed E-state index contributed by atoms with van der Waals surface area (Å²) in [4.78, 5) is 0. The van der Waals surface area contributed by atoms with Gasteiger partial charge in [0.2, 0.25) is 0 Å². The van der Waals surface area contributed by atoms with E-state index in [2.05, 4.69) is 48.5 Å². The molecule has 0 amide bonds. The first kappa shape index (κ1) is 12.8. The zero-order valence-electron chi connectivity index (χ0n) is 11.4. The van der Waals surface area contributed by atoms with Gasteiger partial charge in [0, 0.05) is 18.9 Å². The molecule has 2 aromatic rings. The molecule has 0 aromatic heterocycles. The van der Waals surface area contributed by atoms with Crippen LogP contribution in [0.5, 0.6) is 0 Å².